The fourth-order valence-corrected chi connectivity index (χ4v) is 10.4. The molecule has 0 saturated carbocycles. The molecule has 0 spiro atoms. The molecule has 0 saturated heterocycles. The van der Waals surface area contributed by atoms with Crippen LogP contribution in [0.1, 0.15) is 348 Å². The van der Waals surface area contributed by atoms with E-state index in [0.717, 1.165) is 51.4 Å². The molecule has 0 aromatic heterocycles. The van der Waals surface area contributed by atoms with Crippen molar-refractivity contribution in [1.29, 1.82) is 0 Å². The summed E-state index contributed by atoms with van der Waals surface area (Å²) in [6.45, 7) is 4.76. The largest absolute Gasteiger partial charge is 0.545 e. The van der Waals surface area contributed by atoms with Crippen LogP contribution in [0.5, 0.6) is 0 Å². The normalized spacial score (nSPS) is 12.9. The van der Waals surface area contributed by atoms with Gasteiger partial charge in [0.15, 0.2) is 12.4 Å². The van der Waals surface area contributed by atoms with Gasteiger partial charge >= 0.3 is 11.9 Å². The maximum Gasteiger partial charge on any atom is 0.306 e. The van der Waals surface area contributed by atoms with Gasteiger partial charge in [-0.3, -0.25) is 9.59 Å². The molecule has 0 amide bonds. The minimum atomic E-state index is -1.62. The van der Waals surface area contributed by atoms with Crippen LogP contribution in [0.15, 0.2) is 36.5 Å². The van der Waals surface area contributed by atoms with E-state index in [9.17, 15) is 19.5 Å². The van der Waals surface area contributed by atoms with Crippen LogP contribution in [0.4, 0.5) is 0 Å². The number of carboxylic acids is 1. The third-order valence-electron chi connectivity index (χ3n) is 15.9. The number of hydrogen-bond donors (Lipinski definition) is 0. The van der Waals surface area contributed by atoms with E-state index in [0.29, 0.717) is 23.9 Å². The average Bonchev–Trinajstić information content (AvgIpc) is 3.44. The molecule has 476 valence electrons. The summed E-state index contributed by atoms with van der Waals surface area (Å²) in [5.74, 6) is -2.27. The Morgan fingerprint density at radius 1 is 0.370 bits per heavy atom. The quantitative estimate of drug-likeness (QED) is 0.0195. The van der Waals surface area contributed by atoms with Crippen LogP contribution in [0.25, 0.3) is 0 Å². The first kappa shape index (κ1) is 78.5. The highest BCUT2D eigenvalue weighted by Gasteiger charge is 2.22. The predicted molar refractivity (Wildman–Crippen MR) is 343 cm³/mol. The molecule has 2 atom stereocenters. The molecular weight excluding hydrogens is 1010 g/mol. The summed E-state index contributed by atoms with van der Waals surface area (Å²) >= 11 is 0. The maximum absolute atomic E-state index is 12.9. The highest BCUT2D eigenvalue weighted by atomic mass is 16.7. The molecule has 9 heteroatoms. The van der Waals surface area contributed by atoms with E-state index in [4.69, 9.17) is 18.9 Å². The molecule has 0 aliphatic carbocycles. The summed E-state index contributed by atoms with van der Waals surface area (Å²) in [7, 11) is 5.93. The zero-order chi connectivity index (χ0) is 59.1. The van der Waals surface area contributed by atoms with Gasteiger partial charge in [0.1, 0.15) is 13.2 Å². The lowest BCUT2D eigenvalue weighted by atomic mass is 10.0. The van der Waals surface area contributed by atoms with Gasteiger partial charge in [-0.15, -0.1) is 0 Å². The van der Waals surface area contributed by atoms with Crippen LogP contribution in [-0.4, -0.2) is 82.3 Å². The number of esters is 2. The number of carbonyl (C=O) groups is 3. The molecule has 0 N–H and O–H groups in total. The van der Waals surface area contributed by atoms with Gasteiger partial charge in [-0.05, 0) is 70.6 Å². The molecule has 0 radical (unpaired) electrons. The van der Waals surface area contributed by atoms with E-state index in [2.05, 4.69) is 50.3 Å². The third-order valence-corrected chi connectivity index (χ3v) is 15.9. The lowest BCUT2D eigenvalue weighted by molar-refractivity contribution is -0.870. The zero-order valence-corrected chi connectivity index (χ0v) is 54.4. The molecule has 9 nitrogen and oxygen atoms in total. The summed E-state index contributed by atoms with van der Waals surface area (Å²) in [6.07, 6.45) is 76.8. The van der Waals surface area contributed by atoms with Crippen LogP contribution < -0.4 is 5.11 Å². The van der Waals surface area contributed by atoms with E-state index in [-0.39, 0.29) is 32.2 Å². The average molecular weight is 1140 g/mol. The van der Waals surface area contributed by atoms with Crippen LogP contribution in [-0.2, 0) is 33.3 Å². The second-order valence-corrected chi connectivity index (χ2v) is 25.2. The fourth-order valence-electron chi connectivity index (χ4n) is 10.4. The van der Waals surface area contributed by atoms with Gasteiger partial charge in [-0.1, -0.05) is 301 Å². The number of carbonyl (C=O) groups excluding carboxylic acids is 3. The van der Waals surface area contributed by atoms with Crippen molar-refractivity contribution in [2.45, 2.75) is 360 Å². The summed E-state index contributed by atoms with van der Waals surface area (Å²) in [6, 6.07) is 0. The first-order valence-electron chi connectivity index (χ1n) is 35.1. The van der Waals surface area contributed by atoms with Gasteiger partial charge in [0.2, 0.25) is 0 Å². The molecule has 0 aromatic rings. The Bertz CT molecular complexity index is 1420. The van der Waals surface area contributed by atoms with Crippen molar-refractivity contribution in [3.63, 3.8) is 0 Å². The maximum atomic E-state index is 12.9. The molecule has 0 heterocycles. The Morgan fingerprint density at radius 2 is 0.667 bits per heavy atom. The van der Waals surface area contributed by atoms with Crippen molar-refractivity contribution >= 4 is 17.9 Å². The lowest BCUT2D eigenvalue weighted by Gasteiger charge is -2.26. The standard InChI is InChI=1S/C72H135NO8/c1-6-8-10-12-14-16-18-20-22-24-25-26-27-28-29-30-31-32-33-34-35-36-37-38-39-40-41-42-43-44-45-47-48-50-52-54-56-58-60-62-69(74)79-66-68(67-80-72(71(76)77)78-65-64-73(3,4)5)81-70(75)63-61-59-57-55-53-51-49-46-23-21-19-17-15-13-11-9-7-2/h15,17,21,23-25,68,72H,6-14,16,18-20,22,26-67H2,1-5H3/b17-15-,23-21-,25-24-. The Hall–Kier alpha value is -2.49. The van der Waals surface area contributed by atoms with Gasteiger partial charge in [0.05, 0.1) is 40.3 Å². The number of likely N-dealkylation sites (N-methyl/N-ethyl adjacent to an activating group) is 1. The summed E-state index contributed by atoms with van der Waals surface area (Å²) in [4.78, 5) is 37.4. The number of carboxylic acid groups (broad SMARTS) is 1. The van der Waals surface area contributed by atoms with Crippen molar-refractivity contribution in [2.75, 3.05) is 47.5 Å². The van der Waals surface area contributed by atoms with Crippen molar-refractivity contribution in [3.05, 3.63) is 36.5 Å². The van der Waals surface area contributed by atoms with E-state index < -0.39 is 24.3 Å². The predicted octanol–water partition coefficient (Wildman–Crippen LogP) is 20.3. The summed E-state index contributed by atoms with van der Waals surface area (Å²) < 4.78 is 22.8. The van der Waals surface area contributed by atoms with Gasteiger partial charge in [0, 0.05) is 12.8 Å². The minimum absolute atomic E-state index is 0.148. The summed E-state index contributed by atoms with van der Waals surface area (Å²) in [5.41, 5.74) is 0. The summed E-state index contributed by atoms with van der Waals surface area (Å²) in [5, 5.41) is 11.8. The molecule has 0 aliphatic rings. The fraction of sp³-hybridized carbons (Fsp3) is 0.875. The number of allylic oxidation sites excluding steroid dienone is 6. The van der Waals surface area contributed by atoms with Crippen LogP contribution in [0, 0.1) is 0 Å². The number of ether oxygens (including phenoxy) is 4. The highest BCUT2D eigenvalue weighted by molar-refractivity contribution is 5.70. The van der Waals surface area contributed by atoms with E-state index in [1.165, 1.54) is 263 Å². The molecule has 0 aliphatic heterocycles. The number of rotatable bonds is 66. The van der Waals surface area contributed by atoms with Gasteiger partial charge in [-0.2, -0.15) is 0 Å². The van der Waals surface area contributed by atoms with Crippen molar-refractivity contribution in [3.8, 4) is 0 Å². The van der Waals surface area contributed by atoms with Gasteiger partial charge in [-0.25, -0.2) is 0 Å². The minimum Gasteiger partial charge on any atom is -0.545 e. The van der Waals surface area contributed by atoms with E-state index >= 15 is 0 Å². The van der Waals surface area contributed by atoms with Crippen molar-refractivity contribution in [1.82, 2.24) is 0 Å². The number of unbranched alkanes of at least 4 members (excludes halogenated alkanes) is 45. The van der Waals surface area contributed by atoms with Gasteiger partial charge < -0.3 is 33.3 Å². The first-order chi connectivity index (χ1) is 39.6. The first-order valence-corrected chi connectivity index (χ1v) is 35.1. The molecular formula is C72H135NO8. The number of nitrogens with zero attached hydrogens (tertiary/aromatic N) is 1. The van der Waals surface area contributed by atoms with Crippen molar-refractivity contribution in [2.24, 2.45) is 0 Å². The number of quaternary nitrogens is 1. The molecule has 0 bridgehead atoms. The number of aliphatic carboxylic acids is 1. The third kappa shape index (κ3) is 64.9. The lowest BCUT2D eigenvalue weighted by Crippen LogP contribution is -2.44. The van der Waals surface area contributed by atoms with Crippen LogP contribution >= 0.6 is 0 Å². The van der Waals surface area contributed by atoms with E-state index in [1.807, 2.05) is 21.1 Å². The Labute approximate surface area is 502 Å². The van der Waals surface area contributed by atoms with Crippen molar-refractivity contribution < 1.29 is 42.9 Å². The molecule has 0 aromatic carbocycles. The Kier molecular flexibility index (Phi) is 61.6. The Morgan fingerprint density at radius 3 is 1.01 bits per heavy atom. The van der Waals surface area contributed by atoms with Crippen LogP contribution in [0.3, 0.4) is 0 Å². The SMILES string of the molecule is CCCCC/C=C\C/C=C\CCCCCCCCCC(=O)OC(COC(=O)CCCCCCCCCCCCCCCCCCCCCCCCCCCCC/C=C\CCCCCCCCCC)COC(OCC[N+](C)(C)C)C(=O)[O-]. The molecule has 81 heavy (non-hydrogen) atoms. The van der Waals surface area contributed by atoms with Gasteiger partial charge in [0.25, 0.3) is 0 Å². The second-order valence-electron chi connectivity index (χ2n) is 25.2. The monoisotopic (exact) mass is 1140 g/mol. The zero-order valence-electron chi connectivity index (χ0n) is 54.4. The molecule has 0 fully saturated rings. The topological polar surface area (TPSA) is 111 Å². The Balaban J connectivity index is 3.92. The highest BCUT2D eigenvalue weighted by Crippen LogP contribution is 2.18. The smallest absolute Gasteiger partial charge is 0.306 e. The van der Waals surface area contributed by atoms with E-state index in [1.54, 1.807) is 0 Å². The second kappa shape index (κ2) is 63.5. The molecule has 0 rings (SSSR count). The molecule has 2 unspecified atom stereocenters. The van der Waals surface area contributed by atoms with Crippen LogP contribution in [0.2, 0.25) is 0 Å². The number of hydrogen-bond acceptors (Lipinski definition) is 8.